The summed E-state index contributed by atoms with van der Waals surface area (Å²) in [4.78, 5) is 34.7. The minimum atomic E-state index is -0.399. The summed E-state index contributed by atoms with van der Waals surface area (Å²) in [5.41, 5.74) is 1.95. The van der Waals surface area contributed by atoms with Crippen LogP contribution in [0.2, 0.25) is 0 Å². The molecule has 5 rings (SSSR count). The van der Waals surface area contributed by atoms with Crippen LogP contribution in [0.5, 0.6) is 0 Å². The molecule has 0 spiro atoms. The highest BCUT2D eigenvalue weighted by molar-refractivity contribution is 5.91. The molecule has 180 valence electrons. The number of imidazole rings is 1. The molecule has 0 bridgehead atoms. The van der Waals surface area contributed by atoms with Crippen LogP contribution >= 0.6 is 0 Å². The molecule has 2 aliphatic rings. The SMILES string of the molecule is CC1=NN(CCN2CCN(c3ccc(F)cc3)CC2)c2nc3c(c(=O)n(C)c(=O)n3C)n2C1C. The molecule has 11 heteroatoms. The fourth-order valence-corrected chi connectivity index (χ4v) is 4.73. The van der Waals surface area contributed by atoms with Gasteiger partial charge in [-0.25, -0.2) is 14.2 Å². The number of nitrogens with zero attached hydrogens (tertiary/aromatic N) is 8. The quantitative estimate of drug-likeness (QED) is 0.571. The van der Waals surface area contributed by atoms with Crippen molar-refractivity contribution in [1.29, 1.82) is 0 Å². The smallest absolute Gasteiger partial charge is 0.332 e. The van der Waals surface area contributed by atoms with E-state index in [2.05, 4.69) is 14.8 Å². The Balaban J connectivity index is 1.35. The number of piperazine rings is 1. The van der Waals surface area contributed by atoms with Gasteiger partial charge in [-0.3, -0.25) is 23.4 Å². The van der Waals surface area contributed by atoms with E-state index in [0.717, 1.165) is 48.7 Å². The lowest BCUT2D eigenvalue weighted by molar-refractivity contribution is 0.262. The summed E-state index contributed by atoms with van der Waals surface area (Å²) < 4.78 is 17.6. The number of rotatable bonds is 4. The van der Waals surface area contributed by atoms with E-state index in [1.807, 2.05) is 35.6 Å². The Bertz CT molecular complexity index is 1380. The Morgan fingerprint density at radius 1 is 1.00 bits per heavy atom. The van der Waals surface area contributed by atoms with Crippen LogP contribution in [0.4, 0.5) is 16.0 Å². The predicted molar refractivity (Wildman–Crippen MR) is 130 cm³/mol. The topological polar surface area (TPSA) is 83.9 Å². The molecular weight excluding hydrogens is 439 g/mol. The molecule has 1 saturated heterocycles. The maximum Gasteiger partial charge on any atom is 0.332 e. The van der Waals surface area contributed by atoms with Crippen LogP contribution in [0.1, 0.15) is 19.9 Å². The Morgan fingerprint density at radius 2 is 1.68 bits per heavy atom. The molecule has 10 nitrogen and oxygen atoms in total. The summed E-state index contributed by atoms with van der Waals surface area (Å²) in [6, 6.07) is 6.49. The van der Waals surface area contributed by atoms with Crippen LogP contribution in [-0.2, 0) is 14.1 Å². The van der Waals surface area contributed by atoms with Crippen molar-refractivity contribution in [3.8, 4) is 0 Å². The normalized spacial score (nSPS) is 19.0. The summed E-state index contributed by atoms with van der Waals surface area (Å²) in [6.07, 6.45) is 0. The Labute approximate surface area is 196 Å². The van der Waals surface area contributed by atoms with Gasteiger partial charge in [0.2, 0.25) is 5.95 Å². The summed E-state index contributed by atoms with van der Waals surface area (Å²) in [6.45, 7) is 8.82. The third-order valence-corrected chi connectivity index (χ3v) is 6.97. The van der Waals surface area contributed by atoms with Crippen molar-refractivity contribution in [1.82, 2.24) is 23.6 Å². The largest absolute Gasteiger partial charge is 0.369 e. The van der Waals surface area contributed by atoms with Crippen LogP contribution in [0.15, 0.2) is 39.0 Å². The van der Waals surface area contributed by atoms with Gasteiger partial charge in [-0.2, -0.15) is 10.1 Å². The number of halogens is 1. The first-order chi connectivity index (χ1) is 16.3. The van der Waals surface area contributed by atoms with Crippen molar-refractivity contribution in [3.05, 3.63) is 50.9 Å². The second-order valence-corrected chi connectivity index (χ2v) is 9.01. The number of aryl methyl sites for hydroxylation is 1. The molecule has 4 heterocycles. The van der Waals surface area contributed by atoms with E-state index in [1.165, 1.54) is 23.7 Å². The second-order valence-electron chi connectivity index (χ2n) is 9.01. The highest BCUT2D eigenvalue weighted by Crippen LogP contribution is 2.29. The van der Waals surface area contributed by atoms with E-state index in [0.29, 0.717) is 23.7 Å². The third-order valence-electron chi connectivity index (χ3n) is 6.97. The summed E-state index contributed by atoms with van der Waals surface area (Å²) in [5, 5.41) is 6.60. The van der Waals surface area contributed by atoms with E-state index in [4.69, 9.17) is 5.10 Å². The predicted octanol–water partition coefficient (Wildman–Crippen LogP) is 1.15. The molecule has 0 N–H and O–H groups in total. The summed E-state index contributed by atoms with van der Waals surface area (Å²) in [7, 11) is 3.12. The summed E-state index contributed by atoms with van der Waals surface area (Å²) in [5.74, 6) is 0.356. The molecule has 34 heavy (non-hydrogen) atoms. The van der Waals surface area contributed by atoms with Gasteiger partial charge in [0.1, 0.15) is 5.82 Å². The van der Waals surface area contributed by atoms with E-state index < -0.39 is 5.69 Å². The maximum atomic E-state index is 13.2. The molecule has 2 aromatic heterocycles. The summed E-state index contributed by atoms with van der Waals surface area (Å²) >= 11 is 0. The monoisotopic (exact) mass is 468 g/mol. The molecule has 1 atom stereocenters. The van der Waals surface area contributed by atoms with Crippen molar-refractivity contribution >= 4 is 28.5 Å². The first-order valence-electron chi connectivity index (χ1n) is 11.5. The number of hydrazone groups is 1. The Morgan fingerprint density at radius 3 is 2.35 bits per heavy atom. The average molecular weight is 469 g/mol. The van der Waals surface area contributed by atoms with Gasteiger partial charge in [0.15, 0.2) is 11.2 Å². The Hall–Kier alpha value is -3.47. The average Bonchev–Trinajstić information content (AvgIpc) is 3.25. The lowest BCUT2D eigenvalue weighted by Crippen LogP contribution is -2.48. The molecule has 1 unspecified atom stereocenters. The van der Waals surface area contributed by atoms with Gasteiger partial charge in [-0.15, -0.1) is 0 Å². The van der Waals surface area contributed by atoms with Crippen LogP contribution in [0, 0.1) is 5.82 Å². The number of benzene rings is 1. The highest BCUT2D eigenvalue weighted by Gasteiger charge is 2.30. The first kappa shape index (κ1) is 22.3. The molecule has 0 saturated carbocycles. The van der Waals surface area contributed by atoms with Gasteiger partial charge in [-0.05, 0) is 38.1 Å². The highest BCUT2D eigenvalue weighted by atomic mass is 19.1. The number of fused-ring (bicyclic) bond motifs is 3. The van der Waals surface area contributed by atoms with Gasteiger partial charge >= 0.3 is 5.69 Å². The van der Waals surface area contributed by atoms with Crippen molar-refractivity contribution in [2.45, 2.75) is 19.9 Å². The second kappa shape index (κ2) is 8.39. The van der Waals surface area contributed by atoms with Crippen LogP contribution in [0.25, 0.3) is 11.2 Å². The minimum Gasteiger partial charge on any atom is -0.369 e. The van der Waals surface area contributed by atoms with E-state index in [1.54, 1.807) is 7.05 Å². The van der Waals surface area contributed by atoms with E-state index in [-0.39, 0.29) is 17.4 Å². The molecule has 2 aliphatic heterocycles. The van der Waals surface area contributed by atoms with Gasteiger partial charge in [0.05, 0.1) is 18.3 Å². The number of hydrogen-bond donors (Lipinski definition) is 0. The third kappa shape index (κ3) is 3.60. The van der Waals surface area contributed by atoms with Crippen LogP contribution < -0.4 is 21.2 Å². The van der Waals surface area contributed by atoms with Crippen molar-refractivity contribution < 1.29 is 4.39 Å². The fourth-order valence-electron chi connectivity index (χ4n) is 4.73. The zero-order valence-electron chi connectivity index (χ0n) is 19.9. The van der Waals surface area contributed by atoms with Crippen LogP contribution in [0.3, 0.4) is 0 Å². The van der Waals surface area contributed by atoms with Gasteiger partial charge in [0, 0.05) is 52.5 Å². The minimum absolute atomic E-state index is 0.138. The molecule has 1 aromatic carbocycles. The zero-order valence-corrected chi connectivity index (χ0v) is 19.9. The van der Waals surface area contributed by atoms with Crippen molar-refractivity contribution in [2.24, 2.45) is 19.2 Å². The van der Waals surface area contributed by atoms with Gasteiger partial charge in [0.25, 0.3) is 5.56 Å². The fraction of sp³-hybridized carbons (Fsp3) is 0.478. The standard InChI is InChI=1S/C23H29FN8O2/c1-15-16(2)32-19-20(27(3)23(34)28(4)21(19)33)25-22(32)31(26-15)14-11-29-9-12-30(13-10-29)18-7-5-17(24)6-8-18/h5-8,16H,9-14H2,1-4H3. The lowest BCUT2D eigenvalue weighted by atomic mass is 10.2. The molecule has 0 amide bonds. The Kier molecular flexibility index (Phi) is 5.51. The maximum absolute atomic E-state index is 13.2. The number of anilines is 2. The number of hydrogen-bond acceptors (Lipinski definition) is 7. The lowest BCUT2D eigenvalue weighted by Gasteiger charge is -2.37. The van der Waals surface area contributed by atoms with Gasteiger partial charge < -0.3 is 4.90 Å². The molecule has 1 fully saturated rings. The molecular formula is C23H29FN8O2. The van der Waals surface area contributed by atoms with E-state index in [9.17, 15) is 14.0 Å². The van der Waals surface area contributed by atoms with Crippen LogP contribution in [-0.4, -0.2) is 68.6 Å². The number of aromatic nitrogens is 4. The van der Waals surface area contributed by atoms with Crippen molar-refractivity contribution in [3.63, 3.8) is 0 Å². The first-order valence-corrected chi connectivity index (χ1v) is 11.5. The molecule has 0 radical (unpaired) electrons. The molecule has 3 aromatic rings. The van der Waals surface area contributed by atoms with Crippen molar-refractivity contribution in [2.75, 3.05) is 49.2 Å². The molecule has 0 aliphatic carbocycles. The zero-order chi connectivity index (χ0) is 24.1. The van der Waals surface area contributed by atoms with Gasteiger partial charge in [-0.1, -0.05) is 0 Å². The van der Waals surface area contributed by atoms with E-state index >= 15 is 0 Å².